The molecule has 2 heterocycles. The van der Waals surface area contributed by atoms with Gasteiger partial charge in [-0.05, 0) is 45.2 Å². The SMILES string of the molecule is CCCCC1NC(C2CCCC2)N(C2CCN(C)C2)C1=O. The summed E-state index contributed by atoms with van der Waals surface area (Å²) in [7, 11) is 2.17. The number of carbonyl (C=O) groups excluding carboxylic acids is 1. The fourth-order valence-electron chi connectivity index (χ4n) is 4.47. The second kappa shape index (κ2) is 6.66. The van der Waals surface area contributed by atoms with Crippen molar-refractivity contribution < 1.29 is 4.79 Å². The number of hydrogen-bond acceptors (Lipinski definition) is 3. The molecule has 3 atom stereocenters. The Balaban J connectivity index is 1.73. The minimum atomic E-state index is 0.0847. The zero-order valence-corrected chi connectivity index (χ0v) is 13.7. The number of nitrogens with one attached hydrogen (secondary N) is 1. The molecular formula is C17H31N3O. The molecule has 0 aromatic carbocycles. The lowest BCUT2D eigenvalue weighted by atomic mass is 10.0. The molecule has 3 aliphatic rings. The van der Waals surface area contributed by atoms with E-state index in [0.29, 0.717) is 24.0 Å². The van der Waals surface area contributed by atoms with Crippen molar-refractivity contribution >= 4 is 5.91 Å². The largest absolute Gasteiger partial charge is 0.321 e. The van der Waals surface area contributed by atoms with Crippen LogP contribution in [0.25, 0.3) is 0 Å². The number of nitrogens with zero attached hydrogens (tertiary/aromatic N) is 2. The standard InChI is InChI=1S/C17H31N3O/c1-3-4-9-15-17(21)20(14-10-11-19(2)12-14)16(18-15)13-7-5-6-8-13/h13-16,18H,3-12H2,1-2H3. The lowest BCUT2D eigenvalue weighted by molar-refractivity contribution is -0.132. The van der Waals surface area contributed by atoms with E-state index < -0.39 is 0 Å². The first-order valence-electron chi connectivity index (χ1n) is 8.97. The zero-order chi connectivity index (χ0) is 14.8. The number of likely N-dealkylation sites (N-methyl/N-ethyl adjacent to an activating group) is 1. The van der Waals surface area contributed by atoms with Crippen molar-refractivity contribution in [3.8, 4) is 0 Å². The minimum absolute atomic E-state index is 0.0847. The van der Waals surface area contributed by atoms with Crippen molar-refractivity contribution in [1.82, 2.24) is 15.1 Å². The van der Waals surface area contributed by atoms with Gasteiger partial charge in [0.25, 0.3) is 0 Å². The van der Waals surface area contributed by atoms with Crippen LogP contribution in [0.15, 0.2) is 0 Å². The molecule has 120 valence electrons. The Morgan fingerprint density at radius 1 is 1.24 bits per heavy atom. The first kappa shape index (κ1) is 15.3. The molecule has 1 amide bonds. The Hall–Kier alpha value is -0.610. The van der Waals surface area contributed by atoms with Gasteiger partial charge < -0.3 is 9.80 Å². The summed E-state index contributed by atoms with van der Waals surface area (Å²) in [6.45, 7) is 4.39. The van der Waals surface area contributed by atoms with E-state index in [-0.39, 0.29) is 6.04 Å². The highest BCUT2D eigenvalue weighted by Crippen LogP contribution is 2.35. The highest BCUT2D eigenvalue weighted by Gasteiger charge is 2.46. The van der Waals surface area contributed by atoms with Crippen LogP contribution in [0.4, 0.5) is 0 Å². The first-order valence-corrected chi connectivity index (χ1v) is 8.97. The summed E-state index contributed by atoms with van der Waals surface area (Å²) >= 11 is 0. The van der Waals surface area contributed by atoms with Crippen molar-refractivity contribution in [2.24, 2.45) is 5.92 Å². The summed E-state index contributed by atoms with van der Waals surface area (Å²) in [6.07, 6.45) is 10.1. The van der Waals surface area contributed by atoms with Gasteiger partial charge in [0.05, 0.1) is 12.2 Å². The lowest BCUT2D eigenvalue weighted by Gasteiger charge is -2.33. The van der Waals surface area contributed by atoms with Gasteiger partial charge in [0.2, 0.25) is 5.91 Å². The summed E-state index contributed by atoms with van der Waals surface area (Å²) in [4.78, 5) is 17.5. The molecule has 2 saturated heterocycles. The van der Waals surface area contributed by atoms with Gasteiger partial charge in [0, 0.05) is 12.6 Å². The minimum Gasteiger partial charge on any atom is -0.321 e. The molecule has 3 rings (SSSR count). The van der Waals surface area contributed by atoms with Crippen LogP contribution in [-0.4, -0.2) is 54.1 Å². The van der Waals surface area contributed by atoms with E-state index in [1.807, 2.05) is 0 Å². The summed E-state index contributed by atoms with van der Waals surface area (Å²) in [5.41, 5.74) is 0. The third kappa shape index (κ3) is 3.11. The zero-order valence-electron chi connectivity index (χ0n) is 13.7. The fraction of sp³-hybridized carbons (Fsp3) is 0.941. The maximum absolute atomic E-state index is 12.9. The van der Waals surface area contributed by atoms with Crippen LogP contribution < -0.4 is 5.32 Å². The van der Waals surface area contributed by atoms with Crippen LogP contribution in [0.5, 0.6) is 0 Å². The smallest absolute Gasteiger partial charge is 0.241 e. The van der Waals surface area contributed by atoms with Gasteiger partial charge in [-0.25, -0.2) is 0 Å². The van der Waals surface area contributed by atoms with Gasteiger partial charge in [0.15, 0.2) is 0 Å². The van der Waals surface area contributed by atoms with E-state index in [1.165, 1.54) is 32.1 Å². The van der Waals surface area contributed by atoms with Crippen molar-refractivity contribution in [3.05, 3.63) is 0 Å². The molecule has 0 aromatic rings. The molecule has 0 spiro atoms. The maximum atomic E-state index is 12.9. The number of likely N-dealkylation sites (tertiary alicyclic amines) is 1. The third-order valence-corrected chi connectivity index (χ3v) is 5.68. The number of amides is 1. The molecule has 4 nitrogen and oxygen atoms in total. The summed E-state index contributed by atoms with van der Waals surface area (Å²) in [5, 5.41) is 3.72. The fourth-order valence-corrected chi connectivity index (χ4v) is 4.47. The predicted molar refractivity (Wildman–Crippen MR) is 84.9 cm³/mol. The Kier molecular flexibility index (Phi) is 4.85. The van der Waals surface area contributed by atoms with Gasteiger partial charge >= 0.3 is 0 Å². The van der Waals surface area contributed by atoms with E-state index in [2.05, 4.69) is 29.1 Å². The molecule has 2 aliphatic heterocycles. The van der Waals surface area contributed by atoms with Crippen molar-refractivity contribution in [2.45, 2.75) is 76.5 Å². The van der Waals surface area contributed by atoms with Gasteiger partial charge in [-0.1, -0.05) is 32.6 Å². The Morgan fingerprint density at radius 3 is 2.62 bits per heavy atom. The van der Waals surface area contributed by atoms with Crippen molar-refractivity contribution in [3.63, 3.8) is 0 Å². The molecule has 3 unspecified atom stereocenters. The van der Waals surface area contributed by atoms with E-state index in [9.17, 15) is 4.79 Å². The summed E-state index contributed by atoms with van der Waals surface area (Å²) in [5.74, 6) is 1.08. The molecule has 3 fully saturated rings. The Labute approximate surface area is 129 Å². The van der Waals surface area contributed by atoms with Gasteiger partial charge in [-0.2, -0.15) is 0 Å². The number of carbonyl (C=O) groups is 1. The van der Waals surface area contributed by atoms with Crippen LogP contribution in [-0.2, 0) is 4.79 Å². The summed E-state index contributed by atoms with van der Waals surface area (Å²) in [6, 6.07) is 0.522. The van der Waals surface area contributed by atoms with Crippen LogP contribution in [0.1, 0.15) is 58.3 Å². The molecule has 21 heavy (non-hydrogen) atoms. The van der Waals surface area contributed by atoms with E-state index >= 15 is 0 Å². The van der Waals surface area contributed by atoms with Crippen molar-refractivity contribution in [2.75, 3.05) is 20.1 Å². The molecule has 0 bridgehead atoms. The number of unbranched alkanes of at least 4 members (excludes halogenated alkanes) is 1. The van der Waals surface area contributed by atoms with Crippen molar-refractivity contribution in [1.29, 1.82) is 0 Å². The first-order chi connectivity index (χ1) is 10.2. The molecule has 1 aliphatic carbocycles. The highest BCUT2D eigenvalue weighted by molar-refractivity contribution is 5.84. The topological polar surface area (TPSA) is 35.6 Å². The highest BCUT2D eigenvalue weighted by atomic mass is 16.2. The van der Waals surface area contributed by atoms with E-state index in [4.69, 9.17) is 0 Å². The summed E-state index contributed by atoms with van der Waals surface area (Å²) < 4.78 is 0. The Morgan fingerprint density at radius 2 is 2.00 bits per heavy atom. The number of hydrogen-bond donors (Lipinski definition) is 1. The molecule has 1 saturated carbocycles. The predicted octanol–water partition coefficient (Wildman–Crippen LogP) is 2.20. The molecule has 1 N–H and O–H groups in total. The molecular weight excluding hydrogens is 262 g/mol. The van der Waals surface area contributed by atoms with E-state index in [1.54, 1.807) is 0 Å². The van der Waals surface area contributed by atoms with Gasteiger partial charge in [0.1, 0.15) is 0 Å². The normalized spacial score (nSPS) is 35.2. The van der Waals surface area contributed by atoms with E-state index in [0.717, 1.165) is 32.4 Å². The monoisotopic (exact) mass is 293 g/mol. The maximum Gasteiger partial charge on any atom is 0.241 e. The second-order valence-corrected chi connectivity index (χ2v) is 7.30. The molecule has 0 aromatic heterocycles. The number of rotatable bonds is 5. The van der Waals surface area contributed by atoms with Crippen LogP contribution >= 0.6 is 0 Å². The quantitative estimate of drug-likeness (QED) is 0.844. The lowest BCUT2D eigenvalue weighted by Crippen LogP contribution is -2.48. The van der Waals surface area contributed by atoms with Crippen LogP contribution in [0.3, 0.4) is 0 Å². The molecule has 0 radical (unpaired) electrons. The average Bonchev–Trinajstić information content (AvgIpc) is 3.17. The Bertz CT molecular complexity index is 367. The average molecular weight is 293 g/mol. The third-order valence-electron chi connectivity index (χ3n) is 5.68. The van der Waals surface area contributed by atoms with Gasteiger partial charge in [-0.3, -0.25) is 10.1 Å². The molecule has 4 heteroatoms. The second-order valence-electron chi connectivity index (χ2n) is 7.30. The van der Waals surface area contributed by atoms with Crippen LogP contribution in [0, 0.1) is 5.92 Å². The van der Waals surface area contributed by atoms with Gasteiger partial charge in [-0.15, -0.1) is 0 Å². The van der Waals surface area contributed by atoms with Crippen LogP contribution in [0.2, 0.25) is 0 Å².